The molecule has 0 saturated carbocycles. The molecule has 1 saturated heterocycles. The molecule has 0 atom stereocenters. The van der Waals surface area contributed by atoms with E-state index in [1.807, 2.05) is 36.4 Å². The molecule has 180 valence electrons. The molecular formula is C27H26N2O6. The molecule has 1 aliphatic rings. The van der Waals surface area contributed by atoms with Crippen molar-refractivity contribution in [3.05, 3.63) is 90.0 Å². The molecule has 1 aliphatic heterocycles. The van der Waals surface area contributed by atoms with Gasteiger partial charge in [-0.25, -0.2) is 5.01 Å². The van der Waals surface area contributed by atoms with Gasteiger partial charge in [-0.2, -0.15) is 0 Å². The Kier molecular flexibility index (Phi) is 7.98. The van der Waals surface area contributed by atoms with Gasteiger partial charge in [0, 0.05) is 0 Å². The molecule has 3 aromatic rings. The summed E-state index contributed by atoms with van der Waals surface area (Å²) in [7, 11) is 1.53. The Bertz CT molecular complexity index is 1180. The van der Waals surface area contributed by atoms with Crippen molar-refractivity contribution in [3.8, 4) is 17.2 Å². The van der Waals surface area contributed by atoms with Crippen LogP contribution in [0.5, 0.6) is 17.2 Å². The zero-order valence-electron chi connectivity index (χ0n) is 19.3. The first-order valence-electron chi connectivity index (χ1n) is 11.1. The average molecular weight is 475 g/mol. The zero-order valence-corrected chi connectivity index (χ0v) is 19.3. The number of para-hydroxylation sites is 2. The normalized spacial score (nSPS) is 14.2. The predicted molar refractivity (Wildman–Crippen MR) is 131 cm³/mol. The Morgan fingerprint density at radius 3 is 2.20 bits per heavy atom. The highest BCUT2D eigenvalue weighted by Crippen LogP contribution is 2.30. The van der Waals surface area contributed by atoms with E-state index in [4.69, 9.17) is 18.9 Å². The minimum absolute atomic E-state index is 0.0377. The van der Waals surface area contributed by atoms with E-state index in [-0.39, 0.29) is 5.57 Å². The molecule has 8 nitrogen and oxygen atoms in total. The number of hydrazine groups is 1. The van der Waals surface area contributed by atoms with Crippen LogP contribution in [0.1, 0.15) is 5.56 Å². The van der Waals surface area contributed by atoms with Gasteiger partial charge in [-0.15, -0.1) is 0 Å². The topological polar surface area (TPSA) is 86.3 Å². The van der Waals surface area contributed by atoms with E-state index in [0.29, 0.717) is 49.2 Å². The van der Waals surface area contributed by atoms with Crippen LogP contribution in [0.3, 0.4) is 0 Å². The molecule has 0 unspecified atom stereocenters. The molecule has 1 fully saturated rings. The monoisotopic (exact) mass is 474 g/mol. The number of methoxy groups -OCH3 is 1. The third-order valence-electron chi connectivity index (χ3n) is 5.13. The fraction of sp³-hybridized carbons (Fsp3) is 0.185. The van der Waals surface area contributed by atoms with Gasteiger partial charge in [-0.1, -0.05) is 42.5 Å². The van der Waals surface area contributed by atoms with Crippen LogP contribution in [-0.2, 0) is 14.3 Å². The lowest BCUT2D eigenvalue weighted by molar-refractivity contribution is -0.117. The number of carbonyl (C=O) groups is 2. The number of anilines is 1. The molecule has 4 rings (SSSR count). The zero-order chi connectivity index (χ0) is 24.5. The van der Waals surface area contributed by atoms with Crippen LogP contribution < -0.4 is 24.6 Å². The SMILES string of the molecule is COc1cc(/C=C2\C(=O)NN(c3ccccc3)C2=O)ccc1OCCOCCOc1ccccc1. The van der Waals surface area contributed by atoms with E-state index in [0.717, 1.165) is 5.75 Å². The number of nitrogens with one attached hydrogen (secondary N) is 1. The van der Waals surface area contributed by atoms with E-state index in [1.54, 1.807) is 42.5 Å². The third-order valence-corrected chi connectivity index (χ3v) is 5.13. The second-order valence-corrected chi connectivity index (χ2v) is 7.51. The van der Waals surface area contributed by atoms with Crippen LogP contribution in [-0.4, -0.2) is 45.4 Å². The van der Waals surface area contributed by atoms with E-state index in [2.05, 4.69) is 5.43 Å². The van der Waals surface area contributed by atoms with Crippen LogP contribution in [0.4, 0.5) is 5.69 Å². The van der Waals surface area contributed by atoms with E-state index < -0.39 is 11.8 Å². The summed E-state index contributed by atoms with van der Waals surface area (Å²) in [6.45, 7) is 1.61. The van der Waals surface area contributed by atoms with Gasteiger partial charge < -0.3 is 18.9 Å². The van der Waals surface area contributed by atoms with Crippen LogP contribution >= 0.6 is 0 Å². The number of amides is 2. The van der Waals surface area contributed by atoms with E-state index in [9.17, 15) is 9.59 Å². The highest BCUT2D eigenvalue weighted by molar-refractivity contribution is 6.31. The van der Waals surface area contributed by atoms with Gasteiger partial charge in [0.2, 0.25) is 0 Å². The molecule has 35 heavy (non-hydrogen) atoms. The molecule has 3 aromatic carbocycles. The van der Waals surface area contributed by atoms with Crippen molar-refractivity contribution in [1.29, 1.82) is 0 Å². The number of carbonyl (C=O) groups excluding carboxylic acids is 2. The molecule has 0 aromatic heterocycles. The standard InChI is InChI=1S/C27H26N2O6/c1-32-25-19-20(18-23-26(30)28-29(27(23)31)21-8-4-2-5-9-21)12-13-24(25)35-17-15-33-14-16-34-22-10-6-3-7-11-22/h2-13,18-19H,14-17H2,1H3,(H,28,30)/b23-18+. The van der Waals surface area contributed by atoms with Crippen molar-refractivity contribution >= 4 is 23.6 Å². The maximum absolute atomic E-state index is 12.8. The van der Waals surface area contributed by atoms with E-state index in [1.165, 1.54) is 18.2 Å². The second-order valence-electron chi connectivity index (χ2n) is 7.51. The van der Waals surface area contributed by atoms with Crippen molar-refractivity contribution in [2.45, 2.75) is 0 Å². The Balaban J connectivity index is 1.30. The number of benzene rings is 3. The molecule has 0 bridgehead atoms. The largest absolute Gasteiger partial charge is 0.493 e. The van der Waals surface area contributed by atoms with Crippen LogP contribution in [0, 0.1) is 0 Å². The van der Waals surface area contributed by atoms with Gasteiger partial charge in [0.05, 0.1) is 26.0 Å². The molecule has 0 aliphatic carbocycles. The Labute approximate surface area is 203 Å². The lowest BCUT2D eigenvalue weighted by atomic mass is 10.1. The van der Waals surface area contributed by atoms with Gasteiger partial charge in [0.1, 0.15) is 24.5 Å². The summed E-state index contributed by atoms with van der Waals surface area (Å²) in [5, 5.41) is 1.23. The second kappa shape index (κ2) is 11.7. The highest BCUT2D eigenvalue weighted by atomic mass is 16.6. The van der Waals surface area contributed by atoms with Gasteiger partial charge in [-0.3, -0.25) is 15.0 Å². The predicted octanol–water partition coefficient (Wildman–Crippen LogP) is 3.63. The van der Waals surface area contributed by atoms with Crippen molar-refractivity contribution in [2.24, 2.45) is 0 Å². The molecule has 2 amide bonds. The van der Waals surface area contributed by atoms with Crippen molar-refractivity contribution in [3.63, 3.8) is 0 Å². The lowest BCUT2D eigenvalue weighted by Gasteiger charge is -2.14. The van der Waals surface area contributed by atoms with Crippen molar-refractivity contribution < 1.29 is 28.5 Å². The number of rotatable bonds is 11. The first-order valence-corrected chi connectivity index (χ1v) is 11.1. The van der Waals surface area contributed by atoms with Gasteiger partial charge in [-0.05, 0) is 48.0 Å². The summed E-state index contributed by atoms with van der Waals surface area (Å²) in [5.41, 5.74) is 3.85. The fourth-order valence-corrected chi connectivity index (χ4v) is 3.42. The Hall–Kier alpha value is -4.30. The summed E-state index contributed by atoms with van der Waals surface area (Å²) in [6.07, 6.45) is 1.53. The van der Waals surface area contributed by atoms with Gasteiger partial charge >= 0.3 is 0 Å². The van der Waals surface area contributed by atoms with Crippen molar-refractivity contribution in [1.82, 2.24) is 5.43 Å². The number of hydrogen-bond donors (Lipinski definition) is 1. The molecule has 1 N–H and O–H groups in total. The first kappa shape index (κ1) is 23.8. The molecule has 1 heterocycles. The smallest absolute Gasteiger partial charge is 0.282 e. The highest BCUT2D eigenvalue weighted by Gasteiger charge is 2.34. The summed E-state index contributed by atoms with van der Waals surface area (Å²) in [4.78, 5) is 25.2. The summed E-state index contributed by atoms with van der Waals surface area (Å²) < 4.78 is 22.3. The Morgan fingerprint density at radius 2 is 1.49 bits per heavy atom. The molecule has 0 spiro atoms. The molecule has 8 heteroatoms. The van der Waals surface area contributed by atoms with E-state index >= 15 is 0 Å². The van der Waals surface area contributed by atoms with Gasteiger partial charge in [0.15, 0.2) is 11.5 Å². The maximum atomic E-state index is 12.8. The average Bonchev–Trinajstić information content (AvgIpc) is 3.18. The van der Waals surface area contributed by atoms with Crippen LogP contribution in [0.2, 0.25) is 0 Å². The van der Waals surface area contributed by atoms with Gasteiger partial charge in [0.25, 0.3) is 11.8 Å². The minimum atomic E-state index is -0.466. The van der Waals surface area contributed by atoms with Crippen molar-refractivity contribution in [2.75, 3.05) is 38.5 Å². The fourth-order valence-electron chi connectivity index (χ4n) is 3.42. The summed E-state index contributed by atoms with van der Waals surface area (Å²) in [5.74, 6) is 0.932. The number of hydrogen-bond acceptors (Lipinski definition) is 6. The first-order chi connectivity index (χ1) is 17.2. The summed E-state index contributed by atoms with van der Waals surface area (Å²) >= 11 is 0. The lowest BCUT2D eigenvalue weighted by Crippen LogP contribution is -2.35. The third kappa shape index (κ3) is 6.18. The number of nitrogens with zero attached hydrogens (tertiary/aromatic N) is 1. The molecule has 0 radical (unpaired) electrons. The van der Waals surface area contributed by atoms with Crippen LogP contribution in [0.25, 0.3) is 6.08 Å². The summed E-state index contributed by atoms with van der Waals surface area (Å²) in [6, 6.07) is 23.7. The maximum Gasteiger partial charge on any atom is 0.282 e. The number of ether oxygens (including phenoxy) is 4. The van der Waals surface area contributed by atoms with Crippen LogP contribution in [0.15, 0.2) is 84.4 Å². The minimum Gasteiger partial charge on any atom is -0.493 e. The Morgan fingerprint density at radius 1 is 0.800 bits per heavy atom. The quantitative estimate of drug-likeness (QED) is 0.260. The molecular weight excluding hydrogens is 448 g/mol.